The van der Waals surface area contributed by atoms with Crippen molar-refractivity contribution in [1.82, 2.24) is 9.88 Å². The van der Waals surface area contributed by atoms with Gasteiger partial charge in [0.2, 0.25) is 0 Å². The second kappa shape index (κ2) is 9.37. The molecule has 4 heterocycles. The van der Waals surface area contributed by atoms with Gasteiger partial charge < -0.3 is 19.6 Å². The molecule has 1 aliphatic carbocycles. The van der Waals surface area contributed by atoms with Gasteiger partial charge in [-0.25, -0.2) is 9.37 Å². The van der Waals surface area contributed by atoms with E-state index < -0.39 is 0 Å². The molecule has 3 aliphatic heterocycles. The van der Waals surface area contributed by atoms with Crippen molar-refractivity contribution in [3.63, 3.8) is 0 Å². The predicted molar refractivity (Wildman–Crippen MR) is 137 cm³/mol. The van der Waals surface area contributed by atoms with Crippen molar-refractivity contribution in [2.24, 2.45) is 5.41 Å². The highest BCUT2D eigenvalue weighted by atomic mass is 19.1. The minimum atomic E-state index is -0.174. The predicted octanol–water partition coefficient (Wildman–Crippen LogP) is 4.78. The second-order valence-corrected chi connectivity index (χ2v) is 10.9. The van der Waals surface area contributed by atoms with Crippen LogP contribution in [0.3, 0.4) is 0 Å². The van der Waals surface area contributed by atoms with Crippen LogP contribution < -0.4 is 14.7 Å². The van der Waals surface area contributed by atoms with Gasteiger partial charge in [0.05, 0.1) is 11.9 Å². The number of hydrogen-bond donors (Lipinski definition) is 0. The third kappa shape index (κ3) is 4.49. The summed E-state index contributed by atoms with van der Waals surface area (Å²) in [6, 6.07) is 12.2. The highest BCUT2D eigenvalue weighted by Crippen LogP contribution is 2.43. The van der Waals surface area contributed by atoms with E-state index in [1.165, 1.54) is 63.7 Å². The summed E-state index contributed by atoms with van der Waals surface area (Å²) in [4.78, 5) is 14.9. The van der Waals surface area contributed by atoms with Crippen LogP contribution >= 0.6 is 0 Å². The lowest BCUT2D eigenvalue weighted by atomic mass is 9.70. The SMILES string of the molecule is Fc1ccc(N2CCN(c3ccc(N4CCC5(CC4)CCN(C4CCC4)CC5)nc3)CC2)cc1. The first-order chi connectivity index (χ1) is 16.7. The van der Waals surface area contributed by atoms with E-state index in [0.717, 1.165) is 56.8 Å². The van der Waals surface area contributed by atoms with Gasteiger partial charge in [0.1, 0.15) is 11.6 Å². The molecule has 2 aromatic rings. The number of pyridine rings is 1. The van der Waals surface area contributed by atoms with E-state index in [4.69, 9.17) is 4.98 Å². The number of hydrogen-bond acceptors (Lipinski definition) is 5. The first-order valence-electron chi connectivity index (χ1n) is 13.4. The Balaban J connectivity index is 0.995. The van der Waals surface area contributed by atoms with Crippen molar-refractivity contribution in [3.05, 3.63) is 48.4 Å². The molecule has 1 saturated carbocycles. The van der Waals surface area contributed by atoms with Crippen LogP contribution in [0, 0.1) is 11.2 Å². The maximum absolute atomic E-state index is 13.2. The molecule has 5 nitrogen and oxygen atoms in total. The molecule has 1 spiro atoms. The Labute approximate surface area is 203 Å². The molecule has 0 bridgehead atoms. The lowest BCUT2D eigenvalue weighted by Gasteiger charge is -2.50. The quantitative estimate of drug-likeness (QED) is 0.650. The number of piperidine rings is 2. The monoisotopic (exact) mass is 463 g/mol. The fraction of sp³-hybridized carbons (Fsp3) is 0.607. The zero-order valence-corrected chi connectivity index (χ0v) is 20.3. The number of piperazine rings is 1. The Kier molecular flexibility index (Phi) is 6.10. The maximum atomic E-state index is 13.2. The fourth-order valence-electron chi connectivity index (χ4n) is 6.45. The minimum Gasteiger partial charge on any atom is -0.368 e. The van der Waals surface area contributed by atoms with Crippen LogP contribution in [0.1, 0.15) is 44.9 Å². The van der Waals surface area contributed by atoms with E-state index in [1.807, 2.05) is 12.1 Å². The third-order valence-corrected chi connectivity index (χ3v) is 9.17. The number of benzene rings is 1. The first-order valence-corrected chi connectivity index (χ1v) is 13.4. The van der Waals surface area contributed by atoms with Crippen molar-refractivity contribution in [2.75, 3.05) is 67.1 Å². The first kappa shape index (κ1) is 22.1. The second-order valence-electron chi connectivity index (χ2n) is 10.9. The van der Waals surface area contributed by atoms with Crippen LogP contribution in [0.5, 0.6) is 0 Å². The topological polar surface area (TPSA) is 25.9 Å². The van der Waals surface area contributed by atoms with E-state index >= 15 is 0 Å². The lowest BCUT2D eigenvalue weighted by molar-refractivity contribution is 0.0305. The summed E-state index contributed by atoms with van der Waals surface area (Å²) >= 11 is 0. The summed E-state index contributed by atoms with van der Waals surface area (Å²) < 4.78 is 13.2. The van der Waals surface area contributed by atoms with Crippen LogP contribution in [-0.4, -0.2) is 68.3 Å². The molecule has 182 valence electrons. The van der Waals surface area contributed by atoms with Crippen molar-refractivity contribution in [2.45, 2.75) is 51.0 Å². The van der Waals surface area contributed by atoms with Gasteiger partial charge in [-0.15, -0.1) is 0 Å². The van der Waals surface area contributed by atoms with Crippen LogP contribution in [0.4, 0.5) is 21.6 Å². The number of rotatable bonds is 4. The number of halogens is 1. The maximum Gasteiger partial charge on any atom is 0.128 e. The zero-order chi connectivity index (χ0) is 23.0. The summed E-state index contributed by atoms with van der Waals surface area (Å²) in [5.74, 6) is 0.960. The zero-order valence-electron chi connectivity index (χ0n) is 20.3. The molecule has 4 fully saturated rings. The molecular weight excluding hydrogens is 425 g/mol. The van der Waals surface area contributed by atoms with E-state index in [-0.39, 0.29) is 5.82 Å². The Hall–Kier alpha value is -2.34. The molecule has 4 aliphatic rings. The van der Waals surface area contributed by atoms with Crippen LogP contribution in [-0.2, 0) is 0 Å². The average molecular weight is 464 g/mol. The smallest absolute Gasteiger partial charge is 0.128 e. The molecule has 3 saturated heterocycles. The van der Waals surface area contributed by atoms with Crippen molar-refractivity contribution >= 4 is 17.2 Å². The minimum absolute atomic E-state index is 0.174. The lowest BCUT2D eigenvalue weighted by Crippen LogP contribution is -2.51. The molecule has 6 heteroatoms. The van der Waals surface area contributed by atoms with Gasteiger partial charge >= 0.3 is 0 Å². The number of likely N-dealkylation sites (tertiary alicyclic amines) is 1. The van der Waals surface area contributed by atoms with Gasteiger partial charge in [0.25, 0.3) is 0 Å². The van der Waals surface area contributed by atoms with E-state index in [0.29, 0.717) is 5.41 Å². The van der Waals surface area contributed by atoms with Crippen LogP contribution in [0.2, 0.25) is 0 Å². The van der Waals surface area contributed by atoms with E-state index in [9.17, 15) is 4.39 Å². The average Bonchev–Trinajstić information content (AvgIpc) is 2.86. The van der Waals surface area contributed by atoms with Crippen molar-refractivity contribution < 1.29 is 4.39 Å². The Morgan fingerprint density at radius 1 is 0.676 bits per heavy atom. The third-order valence-electron chi connectivity index (χ3n) is 9.17. The van der Waals surface area contributed by atoms with Gasteiger partial charge in [0, 0.05) is 51.0 Å². The van der Waals surface area contributed by atoms with Gasteiger partial charge in [-0.05, 0) is 93.4 Å². The summed E-state index contributed by atoms with van der Waals surface area (Å²) in [7, 11) is 0. The Bertz CT molecular complexity index is 932. The molecule has 34 heavy (non-hydrogen) atoms. The van der Waals surface area contributed by atoms with Gasteiger partial charge in [-0.1, -0.05) is 6.42 Å². The highest BCUT2D eigenvalue weighted by Gasteiger charge is 2.39. The number of nitrogens with zero attached hydrogens (tertiary/aromatic N) is 5. The van der Waals surface area contributed by atoms with E-state index in [1.54, 1.807) is 12.1 Å². The number of anilines is 3. The molecule has 1 aromatic carbocycles. The Morgan fingerprint density at radius 3 is 1.82 bits per heavy atom. The van der Waals surface area contributed by atoms with Gasteiger partial charge in [-0.2, -0.15) is 0 Å². The highest BCUT2D eigenvalue weighted by molar-refractivity contribution is 5.53. The Morgan fingerprint density at radius 2 is 1.26 bits per heavy atom. The standard InChI is InChI=1S/C28H38FN5/c29-23-4-6-25(7-5-23)32-18-20-33(21-19-32)26-8-9-27(30-22-26)34-16-12-28(13-17-34)10-14-31(15-11-28)24-2-1-3-24/h4-9,22,24H,1-3,10-21H2. The largest absolute Gasteiger partial charge is 0.368 e. The van der Waals surface area contributed by atoms with Gasteiger partial charge in [-0.3, -0.25) is 0 Å². The summed E-state index contributed by atoms with van der Waals surface area (Å²) in [6.45, 7) is 8.75. The molecule has 0 radical (unpaired) electrons. The fourth-order valence-corrected chi connectivity index (χ4v) is 6.45. The summed E-state index contributed by atoms with van der Waals surface area (Å²) in [6.07, 6.45) is 11.8. The van der Waals surface area contributed by atoms with Crippen LogP contribution in [0.15, 0.2) is 42.6 Å². The molecule has 0 unspecified atom stereocenters. The summed E-state index contributed by atoms with van der Waals surface area (Å²) in [5.41, 5.74) is 2.89. The van der Waals surface area contributed by atoms with Crippen LogP contribution in [0.25, 0.3) is 0 Å². The molecule has 1 aromatic heterocycles. The van der Waals surface area contributed by atoms with Crippen molar-refractivity contribution in [3.8, 4) is 0 Å². The van der Waals surface area contributed by atoms with Crippen molar-refractivity contribution in [1.29, 1.82) is 0 Å². The molecule has 0 N–H and O–H groups in total. The molecule has 6 rings (SSSR count). The molecule has 0 atom stereocenters. The number of aromatic nitrogens is 1. The molecular formula is C28H38FN5. The normalized spacial score (nSPS) is 23.9. The summed E-state index contributed by atoms with van der Waals surface area (Å²) in [5, 5.41) is 0. The molecule has 0 amide bonds. The van der Waals surface area contributed by atoms with E-state index in [2.05, 4.69) is 37.9 Å². The van der Waals surface area contributed by atoms with Gasteiger partial charge in [0.15, 0.2) is 0 Å².